The average molecular weight is 655 g/mol. The van der Waals surface area contributed by atoms with Crippen molar-refractivity contribution in [3.05, 3.63) is 102 Å². The van der Waals surface area contributed by atoms with Crippen LogP contribution >= 0.6 is 34.8 Å². The molecule has 0 N–H and O–H groups in total. The Kier molecular flexibility index (Phi) is 11.3. The lowest BCUT2D eigenvalue weighted by molar-refractivity contribution is 0.141. The van der Waals surface area contributed by atoms with Crippen LogP contribution < -0.4 is 9.64 Å². The molecule has 9 heteroatoms. The number of rotatable bonds is 12. The first kappa shape index (κ1) is 32.4. The zero-order chi connectivity index (χ0) is 30.9. The standard InChI is InChI=1S/C35H38Cl3N3O3/c1-2-43-32-22-33(39-30-18-10-9-17-29(30)32)41(34(42)44-25-35(36,37)38)24-28-16-11-19-31(28)40(23-27-14-7-4-8-15-27)21-20-26-12-5-3-6-13-26/h3-10,12-15,17-18,22,28,31H,2,11,16,19-21,23-25H2,1H3/t28-,31+/m1/s1. The Morgan fingerprint density at radius 1 is 0.932 bits per heavy atom. The molecule has 0 radical (unpaired) electrons. The van der Waals surface area contributed by atoms with Crippen molar-refractivity contribution in [3.63, 3.8) is 0 Å². The number of amides is 1. The second kappa shape index (κ2) is 15.3. The number of pyridine rings is 1. The van der Waals surface area contributed by atoms with E-state index in [2.05, 4.69) is 53.4 Å². The maximum Gasteiger partial charge on any atom is 0.415 e. The lowest BCUT2D eigenvalue weighted by atomic mass is 9.99. The molecule has 4 aromatic rings. The number of nitrogens with zero attached hydrogens (tertiary/aromatic N) is 3. The summed E-state index contributed by atoms with van der Waals surface area (Å²) in [6.07, 6.45) is 3.42. The molecular weight excluding hydrogens is 617 g/mol. The van der Waals surface area contributed by atoms with Gasteiger partial charge in [0.05, 0.1) is 12.1 Å². The Labute approximate surface area is 274 Å². The van der Waals surface area contributed by atoms with Crippen LogP contribution in [0.3, 0.4) is 0 Å². The van der Waals surface area contributed by atoms with Crippen LogP contribution in [-0.4, -0.2) is 52.1 Å². The fraction of sp³-hybridized carbons (Fsp3) is 0.371. The topological polar surface area (TPSA) is 54.9 Å². The summed E-state index contributed by atoms with van der Waals surface area (Å²) < 4.78 is 9.79. The second-order valence-electron chi connectivity index (χ2n) is 11.2. The summed E-state index contributed by atoms with van der Waals surface area (Å²) in [5, 5.41) is 0.876. The largest absolute Gasteiger partial charge is 0.493 e. The van der Waals surface area contributed by atoms with E-state index in [0.29, 0.717) is 24.7 Å². The maximum absolute atomic E-state index is 13.7. The van der Waals surface area contributed by atoms with E-state index < -0.39 is 9.89 Å². The number of carbonyl (C=O) groups is 1. The number of ether oxygens (including phenoxy) is 2. The zero-order valence-corrected chi connectivity index (χ0v) is 27.1. The summed E-state index contributed by atoms with van der Waals surface area (Å²) in [5.41, 5.74) is 3.30. The van der Waals surface area contributed by atoms with Gasteiger partial charge in [-0.25, -0.2) is 9.78 Å². The molecule has 0 bridgehead atoms. The highest BCUT2D eigenvalue weighted by atomic mass is 35.6. The van der Waals surface area contributed by atoms with Gasteiger partial charge in [0.1, 0.15) is 18.2 Å². The molecule has 1 aromatic heterocycles. The highest BCUT2D eigenvalue weighted by molar-refractivity contribution is 6.67. The van der Waals surface area contributed by atoms with E-state index in [4.69, 9.17) is 49.3 Å². The summed E-state index contributed by atoms with van der Waals surface area (Å²) in [6, 6.07) is 30.9. The van der Waals surface area contributed by atoms with E-state index in [1.807, 2.05) is 49.4 Å². The van der Waals surface area contributed by atoms with Crippen molar-refractivity contribution in [2.75, 3.05) is 31.2 Å². The number of hydrogen-bond donors (Lipinski definition) is 0. The van der Waals surface area contributed by atoms with Gasteiger partial charge in [-0.2, -0.15) is 0 Å². The molecule has 1 heterocycles. The summed E-state index contributed by atoms with van der Waals surface area (Å²) in [4.78, 5) is 22.7. The number of para-hydroxylation sites is 1. The SMILES string of the molecule is CCOc1cc(N(C[C@H]2CCC[C@@H]2N(CCc2ccccc2)Cc2ccccc2)C(=O)OCC(Cl)(Cl)Cl)nc2ccccc12. The van der Waals surface area contributed by atoms with E-state index in [9.17, 15) is 4.79 Å². The van der Waals surface area contributed by atoms with E-state index in [1.165, 1.54) is 11.1 Å². The van der Waals surface area contributed by atoms with Crippen LogP contribution in [0.2, 0.25) is 0 Å². The van der Waals surface area contributed by atoms with Crippen molar-refractivity contribution in [2.45, 2.75) is 49.0 Å². The quantitative estimate of drug-likeness (QED) is 0.143. The molecular formula is C35H38Cl3N3O3. The van der Waals surface area contributed by atoms with Crippen LogP contribution in [0, 0.1) is 5.92 Å². The van der Waals surface area contributed by atoms with Crippen LogP contribution in [-0.2, 0) is 17.7 Å². The van der Waals surface area contributed by atoms with Gasteiger partial charge in [0, 0.05) is 37.1 Å². The lowest BCUT2D eigenvalue weighted by Gasteiger charge is -2.35. The van der Waals surface area contributed by atoms with Crippen molar-refractivity contribution in [1.29, 1.82) is 0 Å². The number of anilines is 1. The van der Waals surface area contributed by atoms with Gasteiger partial charge in [-0.05, 0) is 55.4 Å². The average Bonchev–Trinajstić information content (AvgIpc) is 3.49. The highest BCUT2D eigenvalue weighted by Crippen LogP contribution is 2.35. The van der Waals surface area contributed by atoms with Crippen LogP contribution in [0.1, 0.15) is 37.3 Å². The fourth-order valence-electron chi connectivity index (χ4n) is 6.07. The Balaban J connectivity index is 1.45. The predicted molar refractivity (Wildman–Crippen MR) is 180 cm³/mol. The van der Waals surface area contributed by atoms with Gasteiger partial charge in [-0.15, -0.1) is 0 Å². The van der Waals surface area contributed by atoms with Gasteiger partial charge in [0.15, 0.2) is 0 Å². The number of alkyl halides is 3. The van der Waals surface area contributed by atoms with Crippen LogP contribution in [0.15, 0.2) is 91.0 Å². The second-order valence-corrected chi connectivity index (χ2v) is 13.7. The molecule has 0 unspecified atom stereocenters. The highest BCUT2D eigenvalue weighted by Gasteiger charge is 2.36. The Hall–Kier alpha value is -3.03. The minimum Gasteiger partial charge on any atom is -0.493 e. The smallest absolute Gasteiger partial charge is 0.415 e. The number of fused-ring (bicyclic) bond motifs is 1. The number of hydrogen-bond acceptors (Lipinski definition) is 5. The Bertz CT molecular complexity index is 1500. The van der Waals surface area contributed by atoms with Crippen molar-refractivity contribution in [3.8, 4) is 5.75 Å². The first-order chi connectivity index (χ1) is 21.3. The molecule has 44 heavy (non-hydrogen) atoms. The number of benzene rings is 3. The molecule has 0 aliphatic heterocycles. The van der Waals surface area contributed by atoms with Gasteiger partial charge in [0.25, 0.3) is 0 Å². The summed E-state index contributed by atoms with van der Waals surface area (Å²) >= 11 is 17.9. The maximum atomic E-state index is 13.7. The Morgan fingerprint density at radius 2 is 1.61 bits per heavy atom. The third kappa shape index (κ3) is 8.79. The fourth-order valence-corrected chi connectivity index (χ4v) is 6.23. The molecule has 1 saturated carbocycles. The zero-order valence-electron chi connectivity index (χ0n) is 24.9. The lowest BCUT2D eigenvalue weighted by Crippen LogP contribution is -2.45. The molecule has 0 spiro atoms. The van der Waals surface area contributed by atoms with Gasteiger partial charge >= 0.3 is 6.09 Å². The summed E-state index contributed by atoms with van der Waals surface area (Å²) in [7, 11) is 0. The normalized spacial score (nSPS) is 16.8. The first-order valence-corrected chi connectivity index (χ1v) is 16.3. The molecule has 0 saturated heterocycles. The van der Waals surface area contributed by atoms with E-state index in [0.717, 1.165) is 49.7 Å². The third-order valence-corrected chi connectivity index (χ3v) is 8.41. The van der Waals surface area contributed by atoms with Crippen molar-refractivity contribution in [1.82, 2.24) is 9.88 Å². The first-order valence-electron chi connectivity index (χ1n) is 15.2. The van der Waals surface area contributed by atoms with Crippen LogP contribution in [0.25, 0.3) is 10.9 Å². The van der Waals surface area contributed by atoms with Gasteiger partial charge < -0.3 is 9.47 Å². The van der Waals surface area contributed by atoms with Gasteiger partial charge in [-0.3, -0.25) is 9.80 Å². The molecule has 3 aromatic carbocycles. The van der Waals surface area contributed by atoms with E-state index in [1.54, 1.807) is 4.90 Å². The van der Waals surface area contributed by atoms with Gasteiger partial charge in [0.2, 0.25) is 3.79 Å². The van der Waals surface area contributed by atoms with E-state index in [-0.39, 0.29) is 18.6 Å². The number of halogens is 3. The summed E-state index contributed by atoms with van der Waals surface area (Å²) in [5.74, 6) is 1.29. The van der Waals surface area contributed by atoms with Crippen LogP contribution in [0.5, 0.6) is 5.75 Å². The molecule has 1 fully saturated rings. The third-order valence-electron chi connectivity index (χ3n) is 8.08. The van der Waals surface area contributed by atoms with Crippen LogP contribution in [0.4, 0.5) is 10.6 Å². The minimum absolute atomic E-state index is 0.179. The van der Waals surface area contributed by atoms with Crippen molar-refractivity contribution >= 4 is 57.6 Å². The molecule has 5 rings (SSSR count). The number of aromatic nitrogens is 1. The van der Waals surface area contributed by atoms with Crippen molar-refractivity contribution < 1.29 is 14.3 Å². The Morgan fingerprint density at radius 3 is 2.32 bits per heavy atom. The monoisotopic (exact) mass is 653 g/mol. The molecule has 1 aliphatic rings. The summed E-state index contributed by atoms with van der Waals surface area (Å²) in [6.45, 7) is 4.18. The minimum atomic E-state index is -1.73. The van der Waals surface area contributed by atoms with E-state index >= 15 is 0 Å². The predicted octanol–water partition coefficient (Wildman–Crippen LogP) is 8.86. The molecule has 1 amide bonds. The van der Waals surface area contributed by atoms with Gasteiger partial charge in [-0.1, -0.05) is 114 Å². The molecule has 1 aliphatic carbocycles. The molecule has 232 valence electrons. The molecule has 2 atom stereocenters. The number of carbonyl (C=O) groups excluding carboxylic acids is 1. The molecule has 6 nitrogen and oxygen atoms in total. The van der Waals surface area contributed by atoms with Crippen molar-refractivity contribution in [2.24, 2.45) is 5.92 Å².